The van der Waals surface area contributed by atoms with E-state index in [0.29, 0.717) is 0 Å². The van der Waals surface area contributed by atoms with Crippen molar-refractivity contribution in [1.29, 1.82) is 0 Å². The molecule has 0 heterocycles. The Morgan fingerprint density at radius 2 is 1.47 bits per heavy atom. The Bertz CT molecular complexity index is 366. The first-order chi connectivity index (χ1) is 7.81. The smallest absolute Gasteiger partial charge is 0.318 e. The van der Waals surface area contributed by atoms with Gasteiger partial charge in [0.25, 0.3) is 0 Å². The molecule has 0 atom stereocenters. The van der Waals surface area contributed by atoms with E-state index in [1.54, 1.807) is 0 Å². The number of carbonyl (C=O) groups is 4. The molecule has 93 valence electrons. The highest BCUT2D eigenvalue weighted by Crippen LogP contribution is 2.00. The minimum atomic E-state index is -0.790. The quantitative estimate of drug-likeness (QED) is 0.386. The molecule has 6 nitrogen and oxygen atoms in total. The highest BCUT2D eigenvalue weighted by Gasteiger charge is 2.09. The molecular weight excluding hydrogens is 228 g/mol. The summed E-state index contributed by atoms with van der Waals surface area (Å²) in [4.78, 5) is 43.0. The molecule has 0 aliphatic rings. The fourth-order valence-corrected chi connectivity index (χ4v) is 0.786. The average molecular weight is 241 g/mol. The van der Waals surface area contributed by atoms with Crippen molar-refractivity contribution in [3.63, 3.8) is 0 Å². The lowest BCUT2D eigenvalue weighted by Crippen LogP contribution is -2.09. The maximum absolute atomic E-state index is 11.0. The summed E-state index contributed by atoms with van der Waals surface area (Å²) < 4.78 is 9.02. The third-order valence-electron chi connectivity index (χ3n) is 1.35. The third kappa shape index (κ3) is 8.98. The van der Waals surface area contributed by atoms with Gasteiger partial charge in [0.05, 0.1) is 0 Å². The van der Waals surface area contributed by atoms with E-state index in [1.807, 2.05) is 0 Å². The number of hydrogen-bond acceptors (Lipinski definition) is 6. The van der Waals surface area contributed by atoms with Crippen LogP contribution < -0.4 is 0 Å². The van der Waals surface area contributed by atoms with E-state index in [4.69, 9.17) is 0 Å². The van der Waals surface area contributed by atoms with E-state index in [9.17, 15) is 19.2 Å². The molecule has 1 radical (unpaired) electrons. The summed E-state index contributed by atoms with van der Waals surface area (Å²) in [5, 5.41) is 0. The largest absolute Gasteiger partial charge is 0.431 e. The second-order valence-corrected chi connectivity index (χ2v) is 3.31. The van der Waals surface area contributed by atoms with Gasteiger partial charge in [-0.1, -0.05) is 0 Å². The molecule has 0 amide bonds. The summed E-state index contributed by atoms with van der Waals surface area (Å²) in [5.41, 5.74) is 0. The number of rotatable bonds is 6. The Kier molecular flexibility index (Phi) is 6.47. The second kappa shape index (κ2) is 7.32. The van der Waals surface area contributed by atoms with E-state index in [0.717, 1.165) is 6.26 Å². The molecule has 0 aliphatic heterocycles. The van der Waals surface area contributed by atoms with Crippen LogP contribution in [-0.2, 0) is 28.7 Å². The van der Waals surface area contributed by atoms with Crippen LogP contribution in [0.25, 0.3) is 0 Å². The number of allylic oxidation sites excluding steroid dienone is 1. The van der Waals surface area contributed by atoms with Crippen molar-refractivity contribution in [1.82, 2.24) is 0 Å². The Morgan fingerprint density at radius 3 is 1.94 bits per heavy atom. The second-order valence-electron chi connectivity index (χ2n) is 3.31. The monoisotopic (exact) mass is 241 g/mol. The molecule has 0 unspecified atom stereocenters. The zero-order valence-electron chi connectivity index (χ0n) is 9.65. The highest BCUT2D eigenvalue weighted by molar-refractivity contribution is 5.95. The Morgan fingerprint density at radius 1 is 1.00 bits per heavy atom. The van der Waals surface area contributed by atoms with Gasteiger partial charge in [0, 0.05) is 6.92 Å². The van der Waals surface area contributed by atoms with Gasteiger partial charge in [-0.25, -0.2) is 0 Å². The van der Waals surface area contributed by atoms with Gasteiger partial charge < -0.3 is 9.47 Å². The van der Waals surface area contributed by atoms with Crippen LogP contribution in [0.5, 0.6) is 0 Å². The van der Waals surface area contributed by atoms with Crippen molar-refractivity contribution in [2.45, 2.75) is 26.7 Å². The number of hydrogen-bond donors (Lipinski definition) is 0. The molecule has 0 bridgehead atoms. The fourth-order valence-electron chi connectivity index (χ4n) is 0.786. The predicted octanol–water partition coefficient (Wildman–Crippen LogP) is 0.706. The summed E-state index contributed by atoms with van der Waals surface area (Å²) in [6.07, 6.45) is 0.0583. The number of Topliss-reactive ketones (excluding diaryl/α,β-unsaturated/α-hetero) is 2. The van der Waals surface area contributed by atoms with Gasteiger partial charge in [-0.15, -0.1) is 0 Å². The minimum Gasteiger partial charge on any atom is -0.431 e. The fraction of sp³-hybridized carbons (Fsp3) is 0.364. The Balaban J connectivity index is 4.09. The van der Waals surface area contributed by atoms with Crippen molar-refractivity contribution in [2.24, 2.45) is 0 Å². The van der Waals surface area contributed by atoms with Gasteiger partial charge in [-0.2, -0.15) is 0 Å². The van der Waals surface area contributed by atoms with Crippen LogP contribution in [0.15, 0.2) is 12.0 Å². The molecule has 0 aliphatic carbocycles. The Hall–Kier alpha value is -1.98. The summed E-state index contributed by atoms with van der Waals surface area (Å²) in [7, 11) is 0. The van der Waals surface area contributed by atoms with Crippen LogP contribution >= 0.6 is 0 Å². The van der Waals surface area contributed by atoms with Gasteiger partial charge in [0.15, 0.2) is 0 Å². The molecule has 6 heteroatoms. The van der Waals surface area contributed by atoms with Crippen LogP contribution in [0.2, 0.25) is 0 Å². The maximum Gasteiger partial charge on any atom is 0.318 e. The van der Waals surface area contributed by atoms with Crippen molar-refractivity contribution < 1.29 is 28.7 Å². The molecule has 0 aromatic carbocycles. The molecule has 17 heavy (non-hydrogen) atoms. The maximum atomic E-state index is 11.0. The standard InChI is InChI=1S/C11H13O6/c1-7(12)4-10(14)16-6-9(3)17-11(15)5-8(2)13/h6H,3-5H2,1-2H3. The lowest BCUT2D eigenvalue weighted by Gasteiger charge is -2.02. The minimum absolute atomic E-state index is 0.215. The van der Waals surface area contributed by atoms with Crippen LogP contribution in [0.3, 0.4) is 0 Å². The Labute approximate surface area is 98.6 Å². The molecule has 0 aromatic heterocycles. The number of ether oxygens (including phenoxy) is 2. The van der Waals surface area contributed by atoms with Crippen molar-refractivity contribution in [3.05, 3.63) is 18.9 Å². The summed E-state index contributed by atoms with van der Waals surface area (Å²) in [6.45, 7) is 5.76. The molecule has 0 saturated carbocycles. The molecule has 0 aromatic rings. The molecule has 0 saturated heterocycles. The normalized spacial score (nSPS) is 10.6. The van der Waals surface area contributed by atoms with Crippen LogP contribution in [0, 0.1) is 6.92 Å². The predicted molar refractivity (Wildman–Crippen MR) is 56.2 cm³/mol. The average Bonchev–Trinajstić information content (AvgIpc) is 2.12. The molecule has 0 rings (SSSR count). The lowest BCUT2D eigenvalue weighted by molar-refractivity contribution is -0.145. The van der Waals surface area contributed by atoms with E-state index in [2.05, 4.69) is 16.4 Å². The zero-order chi connectivity index (χ0) is 13.4. The first kappa shape index (κ1) is 15.0. The summed E-state index contributed by atoms with van der Waals surface area (Å²) in [5.74, 6) is -2.48. The molecule has 0 fully saturated rings. The van der Waals surface area contributed by atoms with Gasteiger partial charge in [0.1, 0.15) is 36.4 Å². The zero-order valence-corrected chi connectivity index (χ0v) is 9.65. The molecular formula is C11H13O6. The highest BCUT2D eigenvalue weighted by atomic mass is 16.6. The van der Waals surface area contributed by atoms with E-state index < -0.39 is 11.9 Å². The SMILES string of the molecule is [CH2]C(=COC(=O)CC(C)=O)OC(=O)CC(C)=O. The molecule has 0 spiro atoms. The van der Waals surface area contributed by atoms with Crippen LogP contribution in [-0.4, -0.2) is 23.5 Å². The van der Waals surface area contributed by atoms with E-state index >= 15 is 0 Å². The van der Waals surface area contributed by atoms with Crippen LogP contribution in [0.1, 0.15) is 26.7 Å². The number of carbonyl (C=O) groups excluding carboxylic acids is 4. The van der Waals surface area contributed by atoms with Gasteiger partial charge in [-0.05, 0) is 13.8 Å². The lowest BCUT2D eigenvalue weighted by atomic mass is 10.3. The van der Waals surface area contributed by atoms with E-state index in [1.165, 1.54) is 13.8 Å². The van der Waals surface area contributed by atoms with Crippen LogP contribution in [0.4, 0.5) is 0 Å². The summed E-state index contributed by atoms with van der Waals surface area (Å²) >= 11 is 0. The number of ketones is 2. The van der Waals surface area contributed by atoms with Gasteiger partial charge in [-0.3, -0.25) is 19.2 Å². The third-order valence-corrected chi connectivity index (χ3v) is 1.35. The van der Waals surface area contributed by atoms with Crippen molar-refractivity contribution in [3.8, 4) is 0 Å². The molecule has 0 N–H and O–H groups in total. The van der Waals surface area contributed by atoms with Gasteiger partial charge in [0.2, 0.25) is 0 Å². The summed E-state index contributed by atoms with van der Waals surface area (Å²) in [6, 6.07) is 0. The van der Waals surface area contributed by atoms with Crippen molar-refractivity contribution in [2.75, 3.05) is 0 Å². The topological polar surface area (TPSA) is 86.7 Å². The van der Waals surface area contributed by atoms with Gasteiger partial charge >= 0.3 is 11.9 Å². The number of esters is 2. The van der Waals surface area contributed by atoms with E-state index in [-0.39, 0.29) is 30.2 Å². The first-order valence-electron chi connectivity index (χ1n) is 4.72. The van der Waals surface area contributed by atoms with Crippen molar-refractivity contribution >= 4 is 23.5 Å². The first-order valence-corrected chi connectivity index (χ1v) is 4.72.